The van der Waals surface area contributed by atoms with E-state index in [0.717, 1.165) is 18.4 Å². The van der Waals surface area contributed by atoms with E-state index in [1.807, 2.05) is 30.3 Å². The summed E-state index contributed by atoms with van der Waals surface area (Å²) in [6.45, 7) is 0.985. The molecule has 1 unspecified atom stereocenters. The van der Waals surface area contributed by atoms with Crippen molar-refractivity contribution in [3.05, 3.63) is 35.9 Å². The minimum absolute atomic E-state index is 0.00861. The quantitative estimate of drug-likeness (QED) is 0.856. The lowest BCUT2D eigenvalue weighted by Crippen LogP contribution is -2.43. The number of nitrogens with two attached hydrogens (primary N) is 1. The van der Waals surface area contributed by atoms with Crippen LogP contribution in [0.15, 0.2) is 30.3 Å². The van der Waals surface area contributed by atoms with Gasteiger partial charge in [0, 0.05) is 19.0 Å². The van der Waals surface area contributed by atoms with Crippen molar-refractivity contribution in [3.63, 3.8) is 0 Å². The maximum Gasteiger partial charge on any atom is 0.218 e. The van der Waals surface area contributed by atoms with E-state index >= 15 is 0 Å². The lowest BCUT2D eigenvalue weighted by molar-refractivity contribution is 0.312. The van der Waals surface area contributed by atoms with Gasteiger partial charge in [-0.15, -0.1) is 0 Å². The fourth-order valence-corrected chi connectivity index (χ4v) is 4.11. The highest BCUT2D eigenvalue weighted by atomic mass is 32.2. The summed E-state index contributed by atoms with van der Waals surface area (Å²) < 4.78 is 26.3. The van der Waals surface area contributed by atoms with Gasteiger partial charge in [-0.3, -0.25) is 0 Å². The number of sulfonamides is 1. The average Bonchev–Trinajstić information content (AvgIpc) is 2.39. The van der Waals surface area contributed by atoms with Crippen LogP contribution in [0.3, 0.4) is 0 Å². The van der Waals surface area contributed by atoms with Crippen LogP contribution in [0.25, 0.3) is 0 Å². The van der Waals surface area contributed by atoms with E-state index in [1.54, 1.807) is 0 Å². The minimum atomic E-state index is -3.28. The van der Waals surface area contributed by atoms with Crippen LogP contribution >= 0.6 is 12.2 Å². The largest absolute Gasteiger partial charge is 0.393 e. The first-order chi connectivity index (χ1) is 8.99. The second kappa shape index (κ2) is 5.98. The van der Waals surface area contributed by atoms with E-state index in [0.29, 0.717) is 18.1 Å². The molecular weight excluding hydrogens is 280 g/mol. The number of thiocarbonyl (C=S) groups is 1. The molecule has 6 heteroatoms. The Labute approximate surface area is 119 Å². The van der Waals surface area contributed by atoms with Gasteiger partial charge in [0.25, 0.3) is 0 Å². The van der Waals surface area contributed by atoms with Crippen molar-refractivity contribution in [2.24, 2.45) is 11.7 Å². The molecular formula is C13H18N2O2S2. The number of nitrogens with zero attached hydrogens (tertiary/aromatic N) is 1. The summed E-state index contributed by atoms with van der Waals surface area (Å²) in [5, 5.41) is 0. The molecule has 104 valence electrons. The maximum atomic E-state index is 12.4. The molecule has 1 atom stereocenters. The summed E-state index contributed by atoms with van der Waals surface area (Å²) in [5.74, 6) is 0.0482. The van der Waals surface area contributed by atoms with E-state index in [2.05, 4.69) is 0 Å². The molecule has 1 aromatic rings. The first kappa shape index (κ1) is 14.4. The SMILES string of the molecule is NC(=S)C1CCCN(S(=O)(=O)Cc2ccccc2)C1. The molecule has 1 fully saturated rings. The van der Waals surface area contributed by atoms with Gasteiger partial charge in [-0.25, -0.2) is 12.7 Å². The van der Waals surface area contributed by atoms with Crippen molar-refractivity contribution in [1.29, 1.82) is 0 Å². The van der Waals surface area contributed by atoms with Crippen LogP contribution in [0.4, 0.5) is 0 Å². The highest BCUT2D eigenvalue weighted by molar-refractivity contribution is 7.88. The van der Waals surface area contributed by atoms with Crippen molar-refractivity contribution in [2.45, 2.75) is 18.6 Å². The zero-order valence-corrected chi connectivity index (χ0v) is 12.3. The Kier molecular flexibility index (Phi) is 4.54. The predicted molar refractivity (Wildman–Crippen MR) is 80.1 cm³/mol. The molecule has 0 amide bonds. The van der Waals surface area contributed by atoms with Crippen LogP contribution < -0.4 is 5.73 Å². The second-order valence-electron chi connectivity index (χ2n) is 4.84. The minimum Gasteiger partial charge on any atom is -0.393 e. The monoisotopic (exact) mass is 298 g/mol. The summed E-state index contributed by atoms with van der Waals surface area (Å²) in [7, 11) is -3.28. The highest BCUT2D eigenvalue weighted by Gasteiger charge is 2.29. The predicted octanol–water partition coefficient (Wildman–Crippen LogP) is 1.51. The molecule has 1 aliphatic rings. The lowest BCUT2D eigenvalue weighted by atomic mass is 10.0. The van der Waals surface area contributed by atoms with E-state index in [-0.39, 0.29) is 11.7 Å². The van der Waals surface area contributed by atoms with Crippen LogP contribution in [0.5, 0.6) is 0 Å². The van der Waals surface area contributed by atoms with E-state index in [4.69, 9.17) is 18.0 Å². The average molecular weight is 298 g/mol. The number of rotatable bonds is 4. The smallest absolute Gasteiger partial charge is 0.218 e. The standard InChI is InChI=1S/C13H18N2O2S2/c14-13(18)12-7-4-8-15(9-12)19(16,17)10-11-5-2-1-3-6-11/h1-3,5-6,12H,4,7-10H2,(H2,14,18). The Morgan fingerprint density at radius 2 is 2.05 bits per heavy atom. The summed E-state index contributed by atoms with van der Waals surface area (Å²) in [5.41, 5.74) is 6.44. The molecule has 0 bridgehead atoms. The van der Waals surface area contributed by atoms with Crippen LogP contribution in [0.1, 0.15) is 18.4 Å². The van der Waals surface area contributed by atoms with Crippen molar-refractivity contribution in [2.75, 3.05) is 13.1 Å². The molecule has 19 heavy (non-hydrogen) atoms. The van der Waals surface area contributed by atoms with Crippen LogP contribution in [0, 0.1) is 5.92 Å². The van der Waals surface area contributed by atoms with Gasteiger partial charge in [0.05, 0.1) is 10.7 Å². The third kappa shape index (κ3) is 3.75. The van der Waals surface area contributed by atoms with Gasteiger partial charge in [0.15, 0.2) is 0 Å². The van der Waals surface area contributed by atoms with Gasteiger partial charge in [-0.1, -0.05) is 42.5 Å². The van der Waals surface area contributed by atoms with Gasteiger partial charge < -0.3 is 5.73 Å². The van der Waals surface area contributed by atoms with E-state index < -0.39 is 10.0 Å². The normalized spacial score (nSPS) is 21.2. The molecule has 4 nitrogen and oxygen atoms in total. The molecule has 1 saturated heterocycles. The van der Waals surface area contributed by atoms with Gasteiger partial charge in [-0.05, 0) is 18.4 Å². The lowest BCUT2D eigenvalue weighted by Gasteiger charge is -2.31. The third-order valence-electron chi connectivity index (χ3n) is 3.37. The second-order valence-corrected chi connectivity index (χ2v) is 7.28. The zero-order chi connectivity index (χ0) is 13.9. The Bertz CT molecular complexity index is 543. The van der Waals surface area contributed by atoms with Crippen LogP contribution in [0.2, 0.25) is 0 Å². The molecule has 2 N–H and O–H groups in total. The number of hydrogen-bond donors (Lipinski definition) is 1. The van der Waals surface area contributed by atoms with Gasteiger partial charge in [-0.2, -0.15) is 0 Å². The fourth-order valence-electron chi connectivity index (χ4n) is 2.30. The Morgan fingerprint density at radius 3 is 2.68 bits per heavy atom. The molecule has 0 aliphatic carbocycles. The molecule has 1 aliphatic heterocycles. The Morgan fingerprint density at radius 1 is 1.37 bits per heavy atom. The number of piperidine rings is 1. The van der Waals surface area contributed by atoms with Crippen LogP contribution in [-0.4, -0.2) is 30.8 Å². The first-order valence-electron chi connectivity index (χ1n) is 6.30. The first-order valence-corrected chi connectivity index (χ1v) is 8.32. The Hall–Kier alpha value is -0.980. The van der Waals surface area contributed by atoms with Crippen molar-refractivity contribution in [1.82, 2.24) is 4.31 Å². The maximum absolute atomic E-state index is 12.4. The van der Waals surface area contributed by atoms with Crippen molar-refractivity contribution in [3.8, 4) is 0 Å². The zero-order valence-electron chi connectivity index (χ0n) is 10.7. The fraction of sp³-hybridized carbons (Fsp3) is 0.462. The van der Waals surface area contributed by atoms with E-state index in [9.17, 15) is 8.42 Å². The topological polar surface area (TPSA) is 63.4 Å². The van der Waals surface area contributed by atoms with Crippen LogP contribution in [-0.2, 0) is 15.8 Å². The molecule has 1 aromatic carbocycles. The summed E-state index contributed by atoms with van der Waals surface area (Å²) in [6, 6.07) is 9.22. The molecule has 0 saturated carbocycles. The Balaban J connectivity index is 2.09. The van der Waals surface area contributed by atoms with Gasteiger partial charge >= 0.3 is 0 Å². The highest BCUT2D eigenvalue weighted by Crippen LogP contribution is 2.21. The van der Waals surface area contributed by atoms with Crippen molar-refractivity contribution >= 4 is 27.2 Å². The summed E-state index contributed by atoms with van der Waals surface area (Å²) >= 11 is 4.98. The molecule has 1 heterocycles. The van der Waals surface area contributed by atoms with E-state index in [1.165, 1.54) is 4.31 Å². The molecule has 0 spiro atoms. The third-order valence-corrected chi connectivity index (χ3v) is 5.52. The number of benzene rings is 1. The molecule has 2 rings (SSSR count). The summed E-state index contributed by atoms with van der Waals surface area (Å²) in [6.07, 6.45) is 1.70. The van der Waals surface area contributed by atoms with Gasteiger partial charge in [0.1, 0.15) is 0 Å². The number of hydrogen-bond acceptors (Lipinski definition) is 3. The van der Waals surface area contributed by atoms with Crippen molar-refractivity contribution < 1.29 is 8.42 Å². The molecule has 0 radical (unpaired) electrons. The molecule has 0 aromatic heterocycles. The van der Waals surface area contributed by atoms with Gasteiger partial charge in [0.2, 0.25) is 10.0 Å². The summed E-state index contributed by atoms with van der Waals surface area (Å²) in [4.78, 5) is 0.416.